The molecule has 1 saturated heterocycles. The largest absolute Gasteiger partial charge is 0.481 e. The number of hydrogen-bond acceptors (Lipinski definition) is 3. The highest BCUT2D eigenvalue weighted by atomic mass is 16.5. The first-order chi connectivity index (χ1) is 13.4. The molecule has 3 rings (SSSR count). The third kappa shape index (κ3) is 4.98. The number of carbonyl (C=O) groups is 2. The van der Waals surface area contributed by atoms with Gasteiger partial charge in [0.2, 0.25) is 5.91 Å². The Labute approximate surface area is 165 Å². The van der Waals surface area contributed by atoms with E-state index in [4.69, 9.17) is 9.84 Å². The lowest BCUT2D eigenvalue weighted by molar-refractivity contribution is -0.141. The summed E-state index contributed by atoms with van der Waals surface area (Å²) in [5, 5.41) is 12.0. The lowest BCUT2D eigenvalue weighted by Gasteiger charge is -2.31. The molecule has 148 valence electrons. The predicted octanol–water partition coefficient (Wildman–Crippen LogP) is 4.36. The highest BCUT2D eigenvalue weighted by Crippen LogP contribution is 2.34. The summed E-state index contributed by atoms with van der Waals surface area (Å²) in [7, 11) is 0. The highest BCUT2D eigenvalue weighted by molar-refractivity contribution is 5.93. The molecular formula is C23H27NO4. The maximum Gasteiger partial charge on any atom is 0.306 e. The Balaban J connectivity index is 1.67. The number of carboxylic acids is 1. The van der Waals surface area contributed by atoms with Gasteiger partial charge in [-0.2, -0.15) is 0 Å². The van der Waals surface area contributed by atoms with E-state index >= 15 is 0 Å². The Kier molecular flexibility index (Phi) is 6.47. The standard InChI is InChI=1S/C23H27NO4/c1-15-5-9-18(10-6-15)21-20(4-3-13-28-21)22(25)24-19-11-7-17(8-12-19)14-16(2)23(26)27/h5-12,16,20-21H,3-4,13-14H2,1-2H3,(H,24,25)(H,26,27). The van der Waals surface area contributed by atoms with Crippen molar-refractivity contribution in [1.82, 2.24) is 0 Å². The minimum absolute atomic E-state index is 0.0445. The van der Waals surface area contributed by atoms with Crippen molar-refractivity contribution in [3.63, 3.8) is 0 Å². The molecule has 1 amide bonds. The van der Waals surface area contributed by atoms with Crippen LogP contribution in [-0.4, -0.2) is 23.6 Å². The zero-order valence-corrected chi connectivity index (χ0v) is 16.4. The van der Waals surface area contributed by atoms with E-state index in [0.29, 0.717) is 18.7 Å². The normalized spacial score (nSPS) is 20.4. The first kappa shape index (κ1) is 20.1. The van der Waals surface area contributed by atoms with Crippen LogP contribution in [-0.2, 0) is 20.7 Å². The summed E-state index contributed by atoms with van der Waals surface area (Å²) in [6, 6.07) is 15.5. The number of hydrogen-bond donors (Lipinski definition) is 2. The molecule has 0 aliphatic carbocycles. The fourth-order valence-electron chi connectivity index (χ4n) is 3.53. The second kappa shape index (κ2) is 9.02. The van der Waals surface area contributed by atoms with E-state index in [0.717, 1.165) is 24.0 Å². The van der Waals surface area contributed by atoms with Gasteiger partial charge in [0.1, 0.15) is 0 Å². The maximum atomic E-state index is 12.9. The summed E-state index contributed by atoms with van der Waals surface area (Å²) >= 11 is 0. The van der Waals surface area contributed by atoms with Crippen LogP contribution in [0.3, 0.4) is 0 Å². The monoisotopic (exact) mass is 381 g/mol. The lowest BCUT2D eigenvalue weighted by atomic mass is 9.88. The van der Waals surface area contributed by atoms with Crippen LogP contribution in [0, 0.1) is 18.8 Å². The average molecular weight is 381 g/mol. The van der Waals surface area contributed by atoms with Crippen LogP contribution in [0.5, 0.6) is 0 Å². The molecule has 5 heteroatoms. The summed E-state index contributed by atoms with van der Waals surface area (Å²) in [4.78, 5) is 23.9. The van der Waals surface area contributed by atoms with Crippen LogP contribution in [0.1, 0.15) is 42.6 Å². The first-order valence-corrected chi connectivity index (χ1v) is 9.75. The number of aliphatic carboxylic acids is 1. The van der Waals surface area contributed by atoms with Gasteiger partial charge in [0.25, 0.3) is 0 Å². The van der Waals surface area contributed by atoms with E-state index in [-0.39, 0.29) is 17.9 Å². The molecule has 3 unspecified atom stereocenters. The van der Waals surface area contributed by atoms with Crippen LogP contribution >= 0.6 is 0 Å². The van der Waals surface area contributed by atoms with E-state index in [1.54, 1.807) is 6.92 Å². The van der Waals surface area contributed by atoms with Crippen molar-refractivity contribution < 1.29 is 19.4 Å². The number of nitrogens with one attached hydrogen (secondary N) is 1. The van der Waals surface area contributed by atoms with Gasteiger partial charge in [0.05, 0.1) is 17.9 Å². The summed E-state index contributed by atoms with van der Waals surface area (Å²) < 4.78 is 5.94. The molecule has 0 spiro atoms. The molecule has 2 N–H and O–H groups in total. The van der Waals surface area contributed by atoms with Crippen LogP contribution in [0.25, 0.3) is 0 Å². The van der Waals surface area contributed by atoms with Crippen molar-refractivity contribution in [2.75, 3.05) is 11.9 Å². The van der Waals surface area contributed by atoms with Crippen LogP contribution in [0.2, 0.25) is 0 Å². The topological polar surface area (TPSA) is 75.6 Å². The van der Waals surface area contributed by atoms with E-state index in [9.17, 15) is 9.59 Å². The fraction of sp³-hybridized carbons (Fsp3) is 0.391. The molecule has 0 bridgehead atoms. The molecule has 3 atom stereocenters. The number of carboxylic acid groups (broad SMARTS) is 1. The Morgan fingerprint density at radius 2 is 1.82 bits per heavy atom. The van der Waals surface area contributed by atoms with E-state index in [2.05, 4.69) is 5.32 Å². The molecule has 1 heterocycles. The van der Waals surface area contributed by atoms with E-state index in [1.807, 2.05) is 55.5 Å². The zero-order valence-electron chi connectivity index (χ0n) is 16.4. The van der Waals surface area contributed by atoms with Gasteiger partial charge in [-0.3, -0.25) is 9.59 Å². The maximum absolute atomic E-state index is 12.9. The van der Waals surface area contributed by atoms with Gasteiger partial charge >= 0.3 is 5.97 Å². The molecule has 2 aromatic rings. The Hall–Kier alpha value is -2.66. The number of anilines is 1. The second-order valence-corrected chi connectivity index (χ2v) is 7.58. The molecular weight excluding hydrogens is 354 g/mol. The zero-order chi connectivity index (χ0) is 20.1. The molecule has 5 nitrogen and oxygen atoms in total. The SMILES string of the molecule is Cc1ccc(C2OCCCC2C(=O)Nc2ccc(CC(C)C(=O)O)cc2)cc1. The van der Waals surface area contributed by atoms with Gasteiger partial charge in [0.15, 0.2) is 0 Å². The molecule has 0 aromatic heterocycles. The Bertz CT molecular complexity index is 814. The van der Waals surface area contributed by atoms with Gasteiger partial charge in [-0.1, -0.05) is 48.9 Å². The quantitative estimate of drug-likeness (QED) is 0.779. The Morgan fingerprint density at radius 3 is 2.46 bits per heavy atom. The summed E-state index contributed by atoms with van der Waals surface area (Å²) in [6.07, 6.45) is 1.89. The van der Waals surface area contributed by atoms with Crippen molar-refractivity contribution in [3.05, 3.63) is 65.2 Å². The number of ether oxygens (including phenoxy) is 1. The van der Waals surface area contributed by atoms with Crippen molar-refractivity contribution in [2.24, 2.45) is 11.8 Å². The van der Waals surface area contributed by atoms with Gasteiger partial charge in [-0.25, -0.2) is 0 Å². The lowest BCUT2D eigenvalue weighted by Crippen LogP contribution is -2.33. The molecule has 28 heavy (non-hydrogen) atoms. The number of rotatable bonds is 6. The Morgan fingerprint density at radius 1 is 1.14 bits per heavy atom. The molecule has 1 aliphatic rings. The van der Waals surface area contributed by atoms with Crippen molar-refractivity contribution in [2.45, 2.75) is 39.2 Å². The number of aryl methyl sites for hydroxylation is 1. The summed E-state index contributed by atoms with van der Waals surface area (Å²) in [5.74, 6) is -1.52. The van der Waals surface area contributed by atoms with Crippen molar-refractivity contribution in [3.8, 4) is 0 Å². The van der Waals surface area contributed by atoms with Gasteiger partial charge < -0.3 is 15.2 Å². The number of carbonyl (C=O) groups excluding carboxylic acids is 1. The molecule has 0 radical (unpaired) electrons. The van der Waals surface area contributed by atoms with Gasteiger partial charge in [-0.05, 0) is 49.4 Å². The van der Waals surface area contributed by atoms with Gasteiger partial charge in [-0.15, -0.1) is 0 Å². The van der Waals surface area contributed by atoms with Crippen molar-refractivity contribution >= 4 is 17.6 Å². The van der Waals surface area contributed by atoms with Gasteiger partial charge in [0, 0.05) is 12.3 Å². The molecule has 0 saturated carbocycles. The van der Waals surface area contributed by atoms with Crippen molar-refractivity contribution in [1.29, 1.82) is 0 Å². The average Bonchev–Trinajstić information content (AvgIpc) is 2.70. The van der Waals surface area contributed by atoms with Crippen LogP contribution in [0.4, 0.5) is 5.69 Å². The third-order valence-corrected chi connectivity index (χ3v) is 5.25. The number of amides is 1. The minimum Gasteiger partial charge on any atom is -0.481 e. The second-order valence-electron chi connectivity index (χ2n) is 7.58. The number of benzene rings is 2. The van der Waals surface area contributed by atoms with E-state index < -0.39 is 11.9 Å². The fourth-order valence-corrected chi connectivity index (χ4v) is 3.53. The summed E-state index contributed by atoms with van der Waals surface area (Å²) in [5.41, 5.74) is 3.86. The highest BCUT2D eigenvalue weighted by Gasteiger charge is 2.33. The summed E-state index contributed by atoms with van der Waals surface area (Å²) in [6.45, 7) is 4.39. The smallest absolute Gasteiger partial charge is 0.306 e. The molecule has 1 fully saturated rings. The predicted molar refractivity (Wildman–Crippen MR) is 108 cm³/mol. The molecule has 1 aliphatic heterocycles. The molecule has 2 aromatic carbocycles. The third-order valence-electron chi connectivity index (χ3n) is 5.25. The van der Waals surface area contributed by atoms with Crippen LogP contribution < -0.4 is 5.32 Å². The van der Waals surface area contributed by atoms with E-state index in [1.165, 1.54) is 5.56 Å². The van der Waals surface area contributed by atoms with Crippen LogP contribution in [0.15, 0.2) is 48.5 Å². The first-order valence-electron chi connectivity index (χ1n) is 9.75. The minimum atomic E-state index is -0.808.